The number of hydrogen-bond donors (Lipinski definition) is 0. The number of nitrogens with zero attached hydrogens (tertiary/aromatic N) is 2. The van der Waals surface area contributed by atoms with Gasteiger partial charge in [0.05, 0.1) is 21.8 Å². The highest BCUT2D eigenvalue weighted by Crippen LogP contribution is 2.24. The highest BCUT2D eigenvalue weighted by molar-refractivity contribution is 7.90. The Hall–Kier alpha value is -0.850. The van der Waals surface area contributed by atoms with Gasteiger partial charge in [-0.05, 0) is 6.07 Å². The van der Waals surface area contributed by atoms with E-state index < -0.39 is 15.7 Å². The van der Waals surface area contributed by atoms with Gasteiger partial charge in [-0.2, -0.15) is 0 Å². The largest absolute Gasteiger partial charge is 0.327 e. The Labute approximate surface area is 126 Å². The predicted molar refractivity (Wildman–Crippen MR) is 78.8 cm³/mol. The maximum absolute atomic E-state index is 13.6. The molecule has 0 N–H and O–H groups in total. The van der Waals surface area contributed by atoms with Crippen molar-refractivity contribution in [1.82, 2.24) is 9.55 Å². The number of imidazole rings is 1. The minimum Gasteiger partial charge on any atom is -0.327 e. The summed E-state index contributed by atoms with van der Waals surface area (Å²) < 4.78 is 37.9. The average molecular weight is 339 g/mol. The highest BCUT2D eigenvalue weighted by atomic mass is 35.5. The van der Waals surface area contributed by atoms with E-state index in [4.69, 9.17) is 23.2 Å². The monoisotopic (exact) mass is 338 g/mol. The van der Waals surface area contributed by atoms with Crippen molar-refractivity contribution in [3.8, 4) is 0 Å². The molecule has 0 fully saturated rings. The lowest BCUT2D eigenvalue weighted by Crippen LogP contribution is -2.13. The summed E-state index contributed by atoms with van der Waals surface area (Å²) >= 11 is 11.4. The number of alkyl halides is 1. The van der Waals surface area contributed by atoms with Crippen molar-refractivity contribution in [2.75, 3.05) is 17.9 Å². The summed E-state index contributed by atoms with van der Waals surface area (Å²) in [5.74, 6) is 0.369. The molecule has 0 bridgehead atoms. The van der Waals surface area contributed by atoms with Crippen molar-refractivity contribution in [3.63, 3.8) is 0 Å². The number of aryl methyl sites for hydroxylation is 2. The number of halogens is 3. The number of rotatable bonds is 5. The summed E-state index contributed by atoms with van der Waals surface area (Å²) in [6.07, 6.45) is 1.63. The maximum atomic E-state index is 13.6. The van der Waals surface area contributed by atoms with Gasteiger partial charge in [-0.15, -0.1) is 11.6 Å². The normalized spacial score (nSPS) is 12.2. The van der Waals surface area contributed by atoms with Crippen LogP contribution in [0.4, 0.5) is 4.39 Å². The molecule has 20 heavy (non-hydrogen) atoms. The molecule has 4 nitrogen and oxygen atoms in total. The van der Waals surface area contributed by atoms with Crippen LogP contribution >= 0.6 is 23.2 Å². The molecular weight excluding hydrogens is 326 g/mol. The third kappa shape index (κ3) is 3.42. The topological polar surface area (TPSA) is 52.0 Å². The Kier molecular flexibility index (Phi) is 4.56. The van der Waals surface area contributed by atoms with Crippen LogP contribution in [0.25, 0.3) is 11.0 Å². The van der Waals surface area contributed by atoms with Crippen molar-refractivity contribution in [3.05, 3.63) is 28.8 Å². The molecule has 0 saturated carbocycles. The van der Waals surface area contributed by atoms with Crippen LogP contribution in [0, 0.1) is 5.82 Å². The van der Waals surface area contributed by atoms with Crippen LogP contribution < -0.4 is 0 Å². The van der Waals surface area contributed by atoms with E-state index in [0.29, 0.717) is 29.2 Å². The fraction of sp³-hybridized carbons (Fsp3) is 0.417. The summed E-state index contributed by atoms with van der Waals surface area (Å²) in [5.41, 5.74) is 1.06. The molecule has 0 amide bonds. The zero-order chi connectivity index (χ0) is 14.9. The molecule has 1 aromatic carbocycles. The number of hydrogen-bond acceptors (Lipinski definition) is 3. The molecule has 0 aliphatic carbocycles. The standard InChI is InChI=1S/C12H13Cl2FN2O2S/c1-20(18,19)5-4-17-11-7-9(15)8(14)6-10(11)16-12(17)2-3-13/h6-7H,2-5H2,1H3. The molecule has 0 atom stereocenters. The molecule has 0 aliphatic heterocycles. The van der Waals surface area contributed by atoms with Gasteiger partial charge in [-0.1, -0.05) is 11.6 Å². The van der Waals surface area contributed by atoms with E-state index in [1.165, 1.54) is 12.1 Å². The van der Waals surface area contributed by atoms with Crippen molar-refractivity contribution < 1.29 is 12.8 Å². The molecule has 0 spiro atoms. The molecule has 1 aromatic heterocycles. The first kappa shape index (κ1) is 15.5. The summed E-state index contributed by atoms with van der Waals surface area (Å²) in [6, 6.07) is 2.70. The first-order valence-corrected chi connectivity index (χ1v) is 8.87. The van der Waals surface area contributed by atoms with Gasteiger partial charge in [0.25, 0.3) is 0 Å². The lowest BCUT2D eigenvalue weighted by molar-refractivity contribution is 0.593. The van der Waals surface area contributed by atoms with Gasteiger partial charge < -0.3 is 4.57 Å². The fourth-order valence-electron chi connectivity index (χ4n) is 1.95. The van der Waals surface area contributed by atoms with Gasteiger partial charge in [0.1, 0.15) is 21.5 Å². The molecule has 0 aliphatic rings. The average Bonchev–Trinajstić information content (AvgIpc) is 2.64. The first-order valence-electron chi connectivity index (χ1n) is 5.89. The Morgan fingerprint density at radius 3 is 2.70 bits per heavy atom. The van der Waals surface area contributed by atoms with Crippen LogP contribution in [0.1, 0.15) is 5.82 Å². The highest BCUT2D eigenvalue weighted by Gasteiger charge is 2.14. The summed E-state index contributed by atoms with van der Waals surface area (Å²) in [6.45, 7) is 0.211. The second-order valence-corrected chi connectivity index (χ2v) is 7.55. The minimum atomic E-state index is -3.12. The molecule has 0 saturated heterocycles. The quantitative estimate of drug-likeness (QED) is 0.787. The summed E-state index contributed by atoms with van der Waals surface area (Å²) in [4.78, 5) is 4.34. The van der Waals surface area contributed by atoms with Gasteiger partial charge in [0, 0.05) is 31.2 Å². The Balaban J connectivity index is 2.52. The van der Waals surface area contributed by atoms with Gasteiger partial charge >= 0.3 is 0 Å². The lowest BCUT2D eigenvalue weighted by Gasteiger charge is -2.07. The van der Waals surface area contributed by atoms with Gasteiger partial charge in [-0.3, -0.25) is 0 Å². The number of benzene rings is 1. The Morgan fingerprint density at radius 2 is 2.10 bits per heavy atom. The van der Waals surface area contributed by atoms with E-state index in [9.17, 15) is 12.8 Å². The predicted octanol–water partition coefficient (Wildman–Crippen LogP) is 2.65. The molecule has 0 radical (unpaired) electrons. The van der Waals surface area contributed by atoms with Gasteiger partial charge in [-0.25, -0.2) is 17.8 Å². The SMILES string of the molecule is CS(=O)(=O)CCn1c(CCCl)nc2cc(Cl)c(F)cc21. The van der Waals surface area contributed by atoms with E-state index in [0.717, 1.165) is 6.26 Å². The van der Waals surface area contributed by atoms with Gasteiger partial charge in [0.15, 0.2) is 0 Å². The van der Waals surface area contributed by atoms with Crippen LogP contribution in [0.3, 0.4) is 0 Å². The van der Waals surface area contributed by atoms with Crippen LogP contribution in [0.15, 0.2) is 12.1 Å². The Morgan fingerprint density at radius 1 is 1.40 bits per heavy atom. The van der Waals surface area contributed by atoms with Crippen LogP contribution in [-0.2, 0) is 22.8 Å². The van der Waals surface area contributed by atoms with E-state index in [1.807, 2.05) is 0 Å². The smallest absolute Gasteiger partial charge is 0.149 e. The van der Waals surface area contributed by atoms with Crippen molar-refractivity contribution >= 4 is 44.1 Å². The second-order valence-electron chi connectivity index (χ2n) is 4.50. The number of aromatic nitrogens is 2. The molecular formula is C12H13Cl2FN2O2S. The zero-order valence-corrected chi connectivity index (χ0v) is 13.1. The zero-order valence-electron chi connectivity index (χ0n) is 10.7. The fourth-order valence-corrected chi connectivity index (χ4v) is 2.79. The lowest BCUT2D eigenvalue weighted by atomic mass is 10.3. The molecule has 2 aromatic rings. The van der Waals surface area contributed by atoms with E-state index in [1.54, 1.807) is 4.57 Å². The molecule has 1 heterocycles. The number of fused-ring (bicyclic) bond motifs is 1. The third-order valence-electron chi connectivity index (χ3n) is 2.87. The molecule has 0 unspecified atom stereocenters. The summed E-state index contributed by atoms with van der Waals surface area (Å²) in [7, 11) is -3.12. The van der Waals surface area contributed by atoms with Crippen molar-refractivity contribution in [2.45, 2.75) is 13.0 Å². The van der Waals surface area contributed by atoms with Crippen LogP contribution in [-0.4, -0.2) is 35.9 Å². The van der Waals surface area contributed by atoms with E-state index >= 15 is 0 Å². The molecule has 2 rings (SSSR count). The van der Waals surface area contributed by atoms with E-state index in [2.05, 4.69) is 4.98 Å². The van der Waals surface area contributed by atoms with Crippen molar-refractivity contribution in [2.24, 2.45) is 0 Å². The number of sulfone groups is 1. The second kappa shape index (κ2) is 5.87. The van der Waals surface area contributed by atoms with Crippen LogP contribution in [0.2, 0.25) is 5.02 Å². The van der Waals surface area contributed by atoms with Gasteiger partial charge in [0.2, 0.25) is 0 Å². The van der Waals surface area contributed by atoms with E-state index in [-0.39, 0.29) is 17.3 Å². The third-order valence-corrected chi connectivity index (χ3v) is 4.28. The first-order chi connectivity index (χ1) is 9.31. The van der Waals surface area contributed by atoms with Crippen LogP contribution in [0.5, 0.6) is 0 Å². The van der Waals surface area contributed by atoms with Crippen molar-refractivity contribution in [1.29, 1.82) is 0 Å². The molecule has 8 heteroatoms. The minimum absolute atomic E-state index is 0.0114. The summed E-state index contributed by atoms with van der Waals surface area (Å²) in [5, 5.41) is -0.0114. The Bertz CT molecular complexity index is 743. The molecule has 110 valence electrons. The maximum Gasteiger partial charge on any atom is 0.149 e.